The third-order valence-electron chi connectivity index (χ3n) is 2.48. The molecule has 0 fully saturated rings. The van der Waals surface area contributed by atoms with Crippen molar-refractivity contribution in [2.75, 3.05) is 0 Å². The van der Waals surface area contributed by atoms with Gasteiger partial charge in [-0.05, 0) is 19.1 Å². The number of rotatable bonds is 6. The largest absolute Gasteiger partial charge is 0.467 e. The minimum atomic E-state index is -0.262. The fourth-order valence-electron chi connectivity index (χ4n) is 1.42. The van der Waals surface area contributed by atoms with Crippen LogP contribution in [0, 0.1) is 0 Å². The van der Waals surface area contributed by atoms with Gasteiger partial charge in [0, 0.05) is 11.9 Å². The Balaban J connectivity index is 1.71. The molecule has 96 valence electrons. The number of nitrogens with zero attached hydrogens (tertiary/aromatic N) is 1. The van der Waals surface area contributed by atoms with Crippen LogP contribution >= 0.6 is 11.3 Å². The Morgan fingerprint density at radius 1 is 1.56 bits per heavy atom. The number of hydrogen-bond acceptors (Lipinski definition) is 5. The zero-order chi connectivity index (χ0) is 12.8. The van der Waals surface area contributed by atoms with Gasteiger partial charge in [-0.1, -0.05) is 0 Å². The second-order valence-electron chi connectivity index (χ2n) is 3.88. The first-order valence-corrected chi connectivity index (χ1v) is 6.60. The van der Waals surface area contributed by atoms with E-state index < -0.39 is 0 Å². The maximum absolute atomic E-state index is 11.8. The number of carbonyl (C=O) groups is 1. The van der Waals surface area contributed by atoms with Crippen molar-refractivity contribution in [3.8, 4) is 0 Å². The van der Waals surface area contributed by atoms with Crippen molar-refractivity contribution in [3.63, 3.8) is 0 Å². The van der Waals surface area contributed by atoms with Gasteiger partial charge in [0.05, 0.1) is 30.1 Å². The van der Waals surface area contributed by atoms with Gasteiger partial charge in [0.15, 0.2) is 0 Å². The molecular formula is C12H15N3O2S. The molecular weight excluding hydrogens is 250 g/mol. The summed E-state index contributed by atoms with van der Waals surface area (Å²) in [6.45, 7) is 2.83. The number of furan rings is 1. The number of aromatic nitrogens is 1. The molecule has 0 saturated heterocycles. The van der Waals surface area contributed by atoms with E-state index >= 15 is 0 Å². The lowest BCUT2D eigenvalue weighted by Gasteiger charge is -2.12. The van der Waals surface area contributed by atoms with E-state index in [-0.39, 0.29) is 11.9 Å². The summed E-state index contributed by atoms with van der Waals surface area (Å²) in [5.41, 5.74) is 2.73. The van der Waals surface area contributed by atoms with E-state index in [9.17, 15) is 4.79 Å². The molecule has 0 aliphatic carbocycles. The van der Waals surface area contributed by atoms with Crippen LogP contribution < -0.4 is 10.6 Å². The lowest BCUT2D eigenvalue weighted by molar-refractivity contribution is -0.123. The van der Waals surface area contributed by atoms with Gasteiger partial charge < -0.3 is 15.1 Å². The van der Waals surface area contributed by atoms with Gasteiger partial charge in [0.2, 0.25) is 5.91 Å². The van der Waals surface area contributed by atoms with Crippen LogP contribution in [-0.2, 0) is 17.9 Å². The maximum atomic E-state index is 11.8. The molecule has 2 aromatic rings. The van der Waals surface area contributed by atoms with Crippen molar-refractivity contribution >= 4 is 17.2 Å². The van der Waals surface area contributed by atoms with Gasteiger partial charge in [-0.2, -0.15) is 0 Å². The standard InChI is InChI=1S/C12H15N3O2S/c1-9(13-5-10-7-18-8-15-10)12(16)14-6-11-3-2-4-17-11/h2-4,7-9,13H,5-6H2,1H3,(H,14,16). The van der Waals surface area contributed by atoms with Gasteiger partial charge in [0.25, 0.3) is 0 Å². The Bertz CT molecular complexity index is 467. The molecule has 2 N–H and O–H groups in total. The van der Waals surface area contributed by atoms with Crippen LogP contribution in [0.2, 0.25) is 0 Å². The topological polar surface area (TPSA) is 67.2 Å². The highest BCUT2D eigenvalue weighted by Crippen LogP contribution is 2.01. The summed E-state index contributed by atoms with van der Waals surface area (Å²) in [5, 5.41) is 7.88. The molecule has 0 bridgehead atoms. The Kier molecular flexibility index (Phi) is 4.49. The van der Waals surface area contributed by atoms with Crippen LogP contribution in [0.4, 0.5) is 0 Å². The normalized spacial score (nSPS) is 12.3. The highest BCUT2D eigenvalue weighted by molar-refractivity contribution is 7.07. The van der Waals surface area contributed by atoms with Gasteiger partial charge >= 0.3 is 0 Å². The van der Waals surface area contributed by atoms with Crippen LogP contribution in [0.25, 0.3) is 0 Å². The number of hydrogen-bond donors (Lipinski definition) is 2. The van der Waals surface area contributed by atoms with E-state index in [1.54, 1.807) is 29.2 Å². The highest BCUT2D eigenvalue weighted by atomic mass is 32.1. The van der Waals surface area contributed by atoms with Crippen molar-refractivity contribution in [2.24, 2.45) is 0 Å². The molecule has 2 heterocycles. The second-order valence-corrected chi connectivity index (χ2v) is 4.60. The first kappa shape index (κ1) is 12.8. The summed E-state index contributed by atoms with van der Waals surface area (Å²) in [6.07, 6.45) is 1.59. The molecule has 0 aliphatic heterocycles. The maximum Gasteiger partial charge on any atom is 0.237 e. The monoisotopic (exact) mass is 265 g/mol. The van der Waals surface area contributed by atoms with Crippen molar-refractivity contribution in [1.29, 1.82) is 0 Å². The number of carbonyl (C=O) groups excluding carboxylic acids is 1. The molecule has 0 aliphatic rings. The zero-order valence-corrected chi connectivity index (χ0v) is 10.9. The average molecular weight is 265 g/mol. The van der Waals surface area contributed by atoms with E-state index in [0.717, 1.165) is 11.5 Å². The minimum Gasteiger partial charge on any atom is -0.467 e. The Hall–Kier alpha value is -1.66. The van der Waals surface area contributed by atoms with E-state index in [2.05, 4.69) is 15.6 Å². The lowest BCUT2D eigenvalue weighted by Crippen LogP contribution is -2.41. The Labute approximate surface area is 109 Å². The molecule has 0 radical (unpaired) electrons. The molecule has 1 atom stereocenters. The van der Waals surface area contributed by atoms with Crippen molar-refractivity contribution in [1.82, 2.24) is 15.6 Å². The summed E-state index contributed by atoms with van der Waals surface area (Å²) < 4.78 is 5.14. The lowest BCUT2D eigenvalue weighted by atomic mass is 10.3. The Morgan fingerprint density at radius 3 is 3.11 bits per heavy atom. The average Bonchev–Trinajstić information content (AvgIpc) is 3.05. The second kappa shape index (κ2) is 6.32. The number of thiazole rings is 1. The Morgan fingerprint density at radius 2 is 2.44 bits per heavy atom. The summed E-state index contributed by atoms with van der Waals surface area (Å²) in [5.74, 6) is 0.691. The van der Waals surface area contributed by atoms with Crippen LogP contribution in [0.1, 0.15) is 18.4 Å². The quantitative estimate of drug-likeness (QED) is 0.831. The van der Waals surface area contributed by atoms with Crippen LogP contribution in [-0.4, -0.2) is 16.9 Å². The third kappa shape index (κ3) is 3.68. The first-order valence-electron chi connectivity index (χ1n) is 5.66. The van der Waals surface area contributed by atoms with Crippen LogP contribution in [0.3, 0.4) is 0 Å². The minimum absolute atomic E-state index is 0.0540. The summed E-state index contributed by atoms with van der Waals surface area (Å²) in [4.78, 5) is 15.9. The van der Waals surface area contributed by atoms with E-state index in [1.165, 1.54) is 0 Å². The first-order chi connectivity index (χ1) is 8.75. The predicted molar refractivity (Wildman–Crippen MR) is 69.0 cm³/mol. The third-order valence-corrected chi connectivity index (χ3v) is 3.12. The molecule has 2 aromatic heterocycles. The molecule has 1 amide bonds. The molecule has 18 heavy (non-hydrogen) atoms. The molecule has 2 rings (SSSR count). The molecule has 0 spiro atoms. The fraction of sp³-hybridized carbons (Fsp3) is 0.333. The highest BCUT2D eigenvalue weighted by Gasteiger charge is 2.12. The number of nitrogens with one attached hydrogen (secondary N) is 2. The zero-order valence-electron chi connectivity index (χ0n) is 10.1. The SMILES string of the molecule is CC(NCc1cscn1)C(=O)NCc1ccco1. The smallest absolute Gasteiger partial charge is 0.237 e. The van der Waals surface area contributed by atoms with Gasteiger partial charge in [0.1, 0.15) is 5.76 Å². The molecule has 0 saturated carbocycles. The van der Waals surface area contributed by atoms with Crippen molar-refractivity contribution in [3.05, 3.63) is 40.7 Å². The predicted octanol–water partition coefficient (Wildman–Crippen LogP) is 1.53. The van der Waals surface area contributed by atoms with E-state index in [1.807, 2.05) is 18.4 Å². The summed E-state index contributed by atoms with van der Waals surface area (Å²) >= 11 is 1.54. The molecule has 6 heteroatoms. The molecule has 5 nitrogen and oxygen atoms in total. The van der Waals surface area contributed by atoms with Gasteiger partial charge in [-0.25, -0.2) is 4.98 Å². The van der Waals surface area contributed by atoms with Gasteiger partial charge in [-0.15, -0.1) is 11.3 Å². The summed E-state index contributed by atoms with van der Waals surface area (Å²) in [6, 6.07) is 3.36. The summed E-state index contributed by atoms with van der Waals surface area (Å²) in [7, 11) is 0. The molecule has 1 unspecified atom stereocenters. The van der Waals surface area contributed by atoms with E-state index in [4.69, 9.17) is 4.42 Å². The van der Waals surface area contributed by atoms with E-state index in [0.29, 0.717) is 13.1 Å². The van der Waals surface area contributed by atoms with Crippen molar-refractivity contribution < 1.29 is 9.21 Å². The van der Waals surface area contributed by atoms with Crippen LogP contribution in [0.5, 0.6) is 0 Å². The fourth-order valence-corrected chi connectivity index (χ4v) is 1.97. The van der Waals surface area contributed by atoms with Crippen molar-refractivity contribution in [2.45, 2.75) is 26.1 Å². The van der Waals surface area contributed by atoms with Gasteiger partial charge in [-0.3, -0.25) is 4.79 Å². The number of amides is 1. The van der Waals surface area contributed by atoms with Crippen LogP contribution in [0.15, 0.2) is 33.7 Å². The molecule has 0 aromatic carbocycles.